The highest BCUT2D eigenvalue weighted by molar-refractivity contribution is 5.78. The van der Waals surface area contributed by atoms with Gasteiger partial charge in [0, 0.05) is 12.6 Å². The maximum atomic E-state index is 11.9. The first-order valence-corrected chi connectivity index (χ1v) is 6.92. The van der Waals surface area contributed by atoms with Crippen LogP contribution in [0.15, 0.2) is 24.3 Å². The SMILES string of the molecule is NCc1ccc(CC(=O)NC2CCC(O)CC2)cc1. The van der Waals surface area contributed by atoms with Gasteiger partial charge in [-0.1, -0.05) is 24.3 Å². The molecule has 0 unspecified atom stereocenters. The van der Waals surface area contributed by atoms with Crippen LogP contribution in [-0.4, -0.2) is 23.2 Å². The molecule has 0 heterocycles. The number of nitrogens with two attached hydrogens (primary N) is 1. The molecule has 1 fully saturated rings. The van der Waals surface area contributed by atoms with E-state index in [2.05, 4.69) is 5.32 Å². The molecule has 1 aliphatic carbocycles. The van der Waals surface area contributed by atoms with Gasteiger partial charge in [-0.2, -0.15) is 0 Å². The summed E-state index contributed by atoms with van der Waals surface area (Å²) in [7, 11) is 0. The van der Waals surface area contributed by atoms with Crippen molar-refractivity contribution in [2.24, 2.45) is 5.73 Å². The van der Waals surface area contributed by atoms with Gasteiger partial charge in [-0.25, -0.2) is 0 Å². The molecule has 1 saturated carbocycles. The normalized spacial score (nSPS) is 23.1. The number of carbonyl (C=O) groups is 1. The summed E-state index contributed by atoms with van der Waals surface area (Å²) < 4.78 is 0. The summed E-state index contributed by atoms with van der Waals surface area (Å²) in [4.78, 5) is 11.9. The third-order valence-electron chi connectivity index (χ3n) is 3.69. The lowest BCUT2D eigenvalue weighted by Crippen LogP contribution is -2.39. The zero-order chi connectivity index (χ0) is 13.7. The Labute approximate surface area is 114 Å². The van der Waals surface area contributed by atoms with Crippen molar-refractivity contribution in [3.63, 3.8) is 0 Å². The van der Waals surface area contributed by atoms with E-state index in [-0.39, 0.29) is 18.1 Å². The summed E-state index contributed by atoms with van der Waals surface area (Å²) in [5.41, 5.74) is 7.62. The minimum Gasteiger partial charge on any atom is -0.393 e. The van der Waals surface area contributed by atoms with Gasteiger partial charge in [-0.15, -0.1) is 0 Å². The molecule has 19 heavy (non-hydrogen) atoms. The molecule has 0 aliphatic heterocycles. The molecule has 1 aliphatic rings. The molecule has 104 valence electrons. The van der Waals surface area contributed by atoms with Crippen LogP contribution in [0.5, 0.6) is 0 Å². The number of aliphatic hydroxyl groups is 1. The molecule has 2 rings (SSSR count). The van der Waals surface area contributed by atoms with Crippen molar-refractivity contribution < 1.29 is 9.90 Å². The van der Waals surface area contributed by atoms with Crippen LogP contribution in [0.3, 0.4) is 0 Å². The Kier molecular flexibility index (Phi) is 4.93. The van der Waals surface area contributed by atoms with Crippen molar-refractivity contribution >= 4 is 5.91 Å². The lowest BCUT2D eigenvalue weighted by atomic mass is 9.93. The highest BCUT2D eigenvalue weighted by Crippen LogP contribution is 2.18. The van der Waals surface area contributed by atoms with Crippen molar-refractivity contribution in [3.8, 4) is 0 Å². The van der Waals surface area contributed by atoms with Crippen LogP contribution in [0.1, 0.15) is 36.8 Å². The van der Waals surface area contributed by atoms with E-state index in [1.54, 1.807) is 0 Å². The highest BCUT2D eigenvalue weighted by Gasteiger charge is 2.20. The molecule has 0 bridgehead atoms. The van der Waals surface area contributed by atoms with Crippen molar-refractivity contribution in [1.29, 1.82) is 0 Å². The molecule has 0 radical (unpaired) electrons. The highest BCUT2D eigenvalue weighted by atomic mass is 16.3. The molecule has 1 amide bonds. The van der Waals surface area contributed by atoms with Crippen molar-refractivity contribution in [2.45, 2.75) is 50.8 Å². The van der Waals surface area contributed by atoms with Crippen LogP contribution in [0, 0.1) is 0 Å². The molecule has 4 heteroatoms. The van der Waals surface area contributed by atoms with Crippen molar-refractivity contribution in [2.75, 3.05) is 0 Å². The first-order valence-electron chi connectivity index (χ1n) is 6.92. The number of carbonyl (C=O) groups excluding carboxylic acids is 1. The van der Waals surface area contributed by atoms with Crippen LogP contribution in [0.25, 0.3) is 0 Å². The Morgan fingerprint density at radius 3 is 2.32 bits per heavy atom. The van der Waals surface area contributed by atoms with Crippen LogP contribution in [0.4, 0.5) is 0 Å². The smallest absolute Gasteiger partial charge is 0.224 e. The minimum atomic E-state index is -0.183. The van der Waals surface area contributed by atoms with Gasteiger partial charge in [0.15, 0.2) is 0 Å². The molecule has 4 N–H and O–H groups in total. The fourth-order valence-corrected chi connectivity index (χ4v) is 2.48. The standard InChI is InChI=1S/C15H22N2O2/c16-10-12-3-1-11(2-4-12)9-15(19)17-13-5-7-14(18)8-6-13/h1-4,13-14,18H,5-10,16H2,(H,17,19). The second-order valence-electron chi connectivity index (χ2n) is 5.27. The number of nitrogens with one attached hydrogen (secondary N) is 1. The first kappa shape index (κ1) is 14.0. The molecular formula is C15H22N2O2. The van der Waals surface area contributed by atoms with Gasteiger partial charge < -0.3 is 16.2 Å². The minimum absolute atomic E-state index is 0.0573. The molecule has 1 aromatic rings. The fourth-order valence-electron chi connectivity index (χ4n) is 2.48. The molecule has 0 atom stereocenters. The van der Waals surface area contributed by atoms with E-state index in [0.29, 0.717) is 13.0 Å². The van der Waals surface area contributed by atoms with Gasteiger partial charge in [-0.05, 0) is 36.8 Å². The average Bonchev–Trinajstić information content (AvgIpc) is 2.42. The van der Waals surface area contributed by atoms with Gasteiger partial charge >= 0.3 is 0 Å². The summed E-state index contributed by atoms with van der Waals surface area (Å²) in [6.45, 7) is 0.525. The molecule has 0 aromatic heterocycles. The van der Waals surface area contributed by atoms with Crippen LogP contribution >= 0.6 is 0 Å². The topological polar surface area (TPSA) is 75.4 Å². The Morgan fingerprint density at radius 1 is 1.16 bits per heavy atom. The van der Waals surface area contributed by atoms with E-state index in [1.165, 1.54) is 0 Å². The molecule has 1 aromatic carbocycles. The number of rotatable bonds is 4. The second-order valence-corrected chi connectivity index (χ2v) is 5.27. The van der Waals surface area contributed by atoms with Crippen LogP contribution in [-0.2, 0) is 17.8 Å². The monoisotopic (exact) mass is 262 g/mol. The number of hydrogen-bond acceptors (Lipinski definition) is 3. The molecule has 0 spiro atoms. The van der Waals surface area contributed by atoms with Gasteiger partial charge in [0.2, 0.25) is 5.91 Å². The Morgan fingerprint density at radius 2 is 1.74 bits per heavy atom. The molecule has 0 saturated heterocycles. The van der Waals surface area contributed by atoms with E-state index in [4.69, 9.17) is 5.73 Å². The van der Waals surface area contributed by atoms with Crippen LogP contribution < -0.4 is 11.1 Å². The summed E-state index contributed by atoms with van der Waals surface area (Å²) in [5, 5.41) is 12.5. The van der Waals surface area contributed by atoms with E-state index in [9.17, 15) is 9.90 Å². The van der Waals surface area contributed by atoms with Crippen molar-refractivity contribution in [3.05, 3.63) is 35.4 Å². The Bertz CT molecular complexity index is 409. The molecular weight excluding hydrogens is 240 g/mol. The first-order chi connectivity index (χ1) is 9.17. The van der Waals surface area contributed by atoms with Crippen LogP contribution in [0.2, 0.25) is 0 Å². The summed E-state index contributed by atoms with van der Waals surface area (Å²) in [6, 6.07) is 8.04. The van der Waals surface area contributed by atoms with Gasteiger partial charge in [-0.3, -0.25) is 4.79 Å². The third kappa shape index (κ3) is 4.33. The fraction of sp³-hybridized carbons (Fsp3) is 0.533. The van der Waals surface area contributed by atoms with E-state index in [1.807, 2.05) is 24.3 Å². The second kappa shape index (κ2) is 6.68. The zero-order valence-corrected chi connectivity index (χ0v) is 11.1. The van der Waals surface area contributed by atoms with E-state index < -0.39 is 0 Å². The number of benzene rings is 1. The third-order valence-corrected chi connectivity index (χ3v) is 3.69. The maximum absolute atomic E-state index is 11.9. The quantitative estimate of drug-likeness (QED) is 0.761. The van der Waals surface area contributed by atoms with E-state index in [0.717, 1.165) is 36.8 Å². The van der Waals surface area contributed by atoms with Gasteiger partial charge in [0.25, 0.3) is 0 Å². The number of aliphatic hydroxyl groups excluding tert-OH is 1. The summed E-state index contributed by atoms with van der Waals surface area (Å²) in [6.07, 6.45) is 3.55. The zero-order valence-electron chi connectivity index (χ0n) is 11.1. The maximum Gasteiger partial charge on any atom is 0.224 e. The largest absolute Gasteiger partial charge is 0.393 e. The average molecular weight is 262 g/mol. The Hall–Kier alpha value is -1.39. The predicted molar refractivity (Wildman–Crippen MR) is 74.4 cm³/mol. The lowest BCUT2D eigenvalue weighted by Gasteiger charge is -2.26. The number of amides is 1. The Balaban J connectivity index is 1.80. The van der Waals surface area contributed by atoms with E-state index >= 15 is 0 Å². The van der Waals surface area contributed by atoms with Gasteiger partial charge in [0.1, 0.15) is 0 Å². The number of hydrogen-bond donors (Lipinski definition) is 3. The lowest BCUT2D eigenvalue weighted by molar-refractivity contribution is -0.121. The van der Waals surface area contributed by atoms with Gasteiger partial charge in [0.05, 0.1) is 12.5 Å². The predicted octanol–water partition coefficient (Wildman–Crippen LogP) is 1.11. The molecule has 4 nitrogen and oxygen atoms in total. The van der Waals surface area contributed by atoms with Crippen molar-refractivity contribution in [1.82, 2.24) is 5.32 Å². The summed E-state index contributed by atoms with van der Waals surface area (Å²) in [5.74, 6) is 0.0573. The summed E-state index contributed by atoms with van der Waals surface area (Å²) >= 11 is 0.